The van der Waals surface area contributed by atoms with Crippen molar-refractivity contribution in [2.75, 3.05) is 11.9 Å². The number of carbonyl (C=O) groups excluding carboxylic acids is 3. The van der Waals surface area contributed by atoms with E-state index in [-0.39, 0.29) is 34.9 Å². The molecule has 2 aliphatic carbocycles. The molecule has 0 saturated carbocycles. The van der Waals surface area contributed by atoms with Gasteiger partial charge >= 0.3 is 0 Å². The number of hydrogen-bond donors (Lipinski definition) is 2. The van der Waals surface area contributed by atoms with Gasteiger partial charge in [0, 0.05) is 52.6 Å². The fourth-order valence-corrected chi connectivity index (χ4v) is 6.21. The van der Waals surface area contributed by atoms with Gasteiger partial charge in [0.25, 0.3) is 5.91 Å². The third-order valence-corrected chi connectivity index (χ3v) is 8.10. The van der Waals surface area contributed by atoms with Gasteiger partial charge in [-0.25, -0.2) is 0 Å². The predicted octanol–water partition coefficient (Wildman–Crippen LogP) is 6.29. The topological polar surface area (TPSA) is 84.5 Å². The average Bonchev–Trinajstić information content (AvgIpc) is 2.82. The van der Waals surface area contributed by atoms with Crippen LogP contribution < -0.4 is 15.4 Å². The highest BCUT2D eigenvalue weighted by Crippen LogP contribution is 2.52. The quantitative estimate of drug-likeness (QED) is 0.478. The molecule has 0 bridgehead atoms. The zero-order valence-corrected chi connectivity index (χ0v) is 23.8. The highest BCUT2D eigenvalue weighted by atomic mass is 16.5. The molecule has 0 saturated heterocycles. The van der Waals surface area contributed by atoms with E-state index in [0.29, 0.717) is 35.4 Å². The Bertz CT molecular complexity index is 1390. The molecule has 0 unspecified atom stereocenters. The van der Waals surface area contributed by atoms with E-state index in [1.807, 2.05) is 56.3 Å². The van der Waals surface area contributed by atoms with Crippen molar-refractivity contribution in [3.05, 3.63) is 81.7 Å². The Labute approximate surface area is 230 Å². The van der Waals surface area contributed by atoms with Gasteiger partial charge in [-0.15, -0.1) is 0 Å². The summed E-state index contributed by atoms with van der Waals surface area (Å²) in [6.45, 7) is 12.3. The van der Waals surface area contributed by atoms with Crippen molar-refractivity contribution in [1.29, 1.82) is 0 Å². The lowest BCUT2D eigenvalue weighted by molar-refractivity contribution is -0.120. The van der Waals surface area contributed by atoms with Crippen LogP contribution >= 0.6 is 0 Å². The first-order chi connectivity index (χ1) is 18.3. The normalized spacial score (nSPS) is 20.3. The third-order valence-electron chi connectivity index (χ3n) is 8.10. The Morgan fingerprint density at radius 2 is 1.46 bits per heavy atom. The average molecular weight is 527 g/mol. The van der Waals surface area contributed by atoms with Crippen molar-refractivity contribution in [2.24, 2.45) is 10.8 Å². The highest BCUT2D eigenvalue weighted by Gasteiger charge is 2.47. The van der Waals surface area contributed by atoms with E-state index < -0.39 is 5.92 Å². The largest absolute Gasteiger partial charge is 0.483 e. The summed E-state index contributed by atoms with van der Waals surface area (Å²) in [4.78, 5) is 40.1. The Balaban J connectivity index is 1.49. The zero-order chi connectivity index (χ0) is 28.1. The van der Waals surface area contributed by atoms with Crippen LogP contribution in [0.3, 0.4) is 0 Å². The lowest BCUT2D eigenvalue weighted by Crippen LogP contribution is -2.42. The standard InChI is InChI=1S/C33H38N2O4/c1-19-11-12-21(13-20(19)2)34-28(38)18-39-27-10-8-7-9-22(27)29-30-23(14-32(3,4)16-25(30)36)35-24-15-33(5,6)17-26(37)31(24)29/h7-13,29,35H,14-18H2,1-6H3,(H,34,38). The summed E-state index contributed by atoms with van der Waals surface area (Å²) in [6.07, 6.45) is 2.32. The van der Waals surface area contributed by atoms with E-state index >= 15 is 0 Å². The van der Waals surface area contributed by atoms with E-state index in [1.165, 1.54) is 0 Å². The number of aryl methyl sites for hydroxylation is 2. The summed E-state index contributed by atoms with van der Waals surface area (Å²) in [5.74, 6) is -0.157. The summed E-state index contributed by atoms with van der Waals surface area (Å²) < 4.78 is 6.09. The molecule has 0 fully saturated rings. The van der Waals surface area contributed by atoms with E-state index in [1.54, 1.807) is 0 Å². The van der Waals surface area contributed by atoms with Crippen LogP contribution in [-0.2, 0) is 14.4 Å². The molecule has 6 heteroatoms. The molecule has 6 nitrogen and oxygen atoms in total. The molecule has 0 radical (unpaired) electrons. The Morgan fingerprint density at radius 1 is 0.872 bits per heavy atom. The van der Waals surface area contributed by atoms with Gasteiger partial charge in [-0.2, -0.15) is 0 Å². The molecule has 1 aliphatic heterocycles. The summed E-state index contributed by atoms with van der Waals surface area (Å²) >= 11 is 0. The van der Waals surface area contributed by atoms with Crippen molar-refractivity contribution in [1.82, 2.24) is 5.32 Å². The van der Waals surface area contributed by atoms with Gasteiger partial charge in [0.05, 0.1) is 0 Å². The number of anilines is 1. The zero-order valence-electron chi connectivity index (χ0n) is 23.8. The molecule has 2 aromatic rings. The van der Waals surface area contributed by atoms with Gasteiger partial charge in [-0.1, -0.05) is 52.0 Å². The minimum absolute atomic E-state index is 0.0604. The van der Waals surface area contributed by atoms with E-state index in [9.17, 15) is 14.4 Å². The Morgan fingerprint density at radius 3 is 2.05 bits per heavy atom. The van der Waals surface area contributed by atoms with Crippen LogP contribution in [0.25, 0.3) is 0 Å². The lowest BCUT2D eigenvalue weighted by Gasteiger charge is -2.44. The molecule has 5 rings (SSSR count). The maximum absolute atomic E-state index is 13.6. The molecule has 1 amide bonds. The molecular weight excluding hydrogens is 488 g/mol. The first-order valence-electron chi connectivity index (χ1n) is 13.7. The molecule has 0 atom stereocenters. The molecule has 1 heterocycles. The van der Waals surface area contributed by atoms with E-state index in [0.717, 1.165) is 40.9 Å². The van der Waals surface area contributed by atoms with Crippen LogP contribution in [0.5, 0.6) is 5.75 Å². The van der Waals surface area contributed by atoms with Crippen molar-refractivity contribution >= 4 is 23.2 Å². The number of nitrogens with one attached hydrogen (secondary N) is 2. The number of ketones is 2. The second kappa shape index (κ2) is 9.82. The number of Topliss-reactive ketones (excluding diaryl/α,β-unsaturated/α-hetero) is 2. The SMILES string of the molecule is Cc1ccc(NC(=O)COc2ccccc2C2C3=C(CC(C)(C)CC3=O)NC3=C2C(=O)CC(C)(C)C3)cc1C. The minimum atomic E-state index is -0.512. The van der Waals surface area contributed by atoms with Gasteiger partial charge in [0.15, 0.2) is 18.2 Å². The van der Waals surface area contributed by atoms with Crippen LogP contribution in [0.15, 0.2) is 65.0 Å². The summed E-state index contributed by atoms with van der Waals surface area (Å²) in [5.41, 5.74) is 6.54. The Hall–Kier alpha value is -3.67. The molecule has 0 aromatic heterocycles. The predicted molar refractivity (Wildman–Crippen MR) is 152 cm³/mol. The van der Waals surface area contributed by atoms with E-state index in [4.69, 9.17) is 4.74 Å². The molecule has 204 valence electrons. The molecule has 3 aliphatic rings. The lowest BCUT2D eigenvalue weighted by atomic mass is 9.64. The number of benzene rings is 2. The second-order valence-electron chi connectivity index (χ2n) is 12.9. The van der Waals surface area contributed by atoms with Crippen molar-refractivity contribution in [3.8, 4) is 5.75 Å². The maximum atomic E-state index is 13.6. The van der Waals surface area contributed by atoms with E-state index in [2.05, 4.69) is 38.3 Å². The van der Waals surface area contributed by atoms with Crippen molar-refractivity contribution in [2.45, 2.75) is 73.1 Å². The fourth-order valence-electron chi connectivity index (χ4n) is 6.21. The van der Waals surface area contributed by atoms with Crippen LogP contribution in [0.4, 0.5) is 5.69 Å². The smallest absolute Gasteiger partial charge is 0.262 e. The molecule has 39 heavy (non-hydrogen) atoms. The van der Waals surface area contributed by atoms with Gasteiger partial charge in [-0.3, -0.25) is 14.4 Å². The monoisotopic (exact) mass is 526 g/mol. The summed E-state index contributed by atoms with van der Waals surface area (Å²) in [6, 6.07) is 13.3. The second-order valence-corrected chi connectivity index (χ2v) is 12.9. The van der Waals surface area contributed by atoms with Crippen molar-refractivity contribution in [3.63, 3.8) is 0 Å². The molecular formula is C33H38N2O4. The summed E-state index contributed by atoms with van der Waals surface area (Å²) in [7, 11) is 0. The van der Waals surface area contributed by atoms with Crippen molar-refractivity contribution < 1.29 is 19.1 Å². The number of allylic oxidation sites excluding steroid dienone is 4. The first-order valence-corrected chi connectivity index (χ1v) is 13.7. The van der Waals surface area contributed by atoms with Crippen LogP contribution in [0.2, 0.25) is 0 Å². The number of hydrogen-bond acceptors (Lipinski definition) is 5. The number of para-hydroxylation sites is 1. The van der Waals surface area contributed by atoms with Gasteiger partial charge in [-0.05, 0) is 66.8 Å². The van der Waals surface area contributed by atoms with Gasteiger partial charge < -0.3 is 15.4 Å². The number of rotatable bonds is 5. The van der Waals surface area contributed by atoms with Crippen LogP contribution in [-0.4, -0.2) is 24.1 Å². The maximum Gasteiger partial charge on any atom is 0.262 e. The molecule has 2 aromatic carbocycles. The molecule has 0 spiro atoms. The minimum Gasteiger partial charge on any atom is -0.483 e. The molecule has 2 N–H and O–H groups in total. The first kappa shape index (κ1) is 26.9. The highest BCUT2D eigenvalue weighted by molar-refractivity contribution is 6.07. The summed E-state index contributed by atoms with van der Waals surface area (Å²) in [5, 5.41) is 6.45. The van der Waals surface area contributed by atoms with Crippen LogP contribution in [0.1, 0.15) is 76.0 Å². The number of carbonyl (C=O) groups is 3. The fraction of sp³-hybridized carbons (Fsp3) is 0.424. The Kier molecular flexibility index (Phi) is 6.78. The van der Waals surface area contributed by atoms with Gasteiger partial charge in [0.2, 0.25) is 0 Å². The van der Waals surface area contributed by atoms with Gasteiger partial charge in [0.1, 0.15) is 5.75 Å². The van der Waals surface area contributed by atoms with Crippen LogP contribution in [0, 0.1) is 24.7 Å². The number of dihydropyridines is 1. The third kappa shape index (κ3) is 5.42. The number of amides is 1. The number of ether oxygens (including phenoxy) is 1.